The van der Waals surface area contributed by atoms with Crippen molar-refractivity contribution in [1.82, 2.24) is 4.31 Å². The summed E-state index contributed by atoms with van der Waals surface area (Å²) in [5, 5.41) is 19.6. The van der Waals surface area contributed by atoms with Crippen molar-refractivity contribution >= 4 is 38.6 Å². The molecule has 11 heteroatoms. The van der Waals surface area contributed by atoms with Gasteiger partial charge in [0.2, 0.25) is 0 Å². The summed E-state index contributed by atoms with van der Waals surface area (Å²) < 4.78 is 30.0. The molecule has 1 aromatic rings. The van der Waals surface area contributed by atoms with Gasteiger partial charge in [-0.2, -0.15) is 4.31 Å². The van der Waals surface area contributed by atoms with Gasteiger partial charge in [-0.05, 0) is 0 Å². The Bertz CT molecular complexity index is 573. The Balaban J connectivity index is 3.12. The predicted octanol–water partition coefficient (Wildman–Crippen LogP) is 0.939. The molecular formula is C9H13ClN2O6S2. The van der Waals surface area contributed by atoms with E-state index in [2.05, 4.69) is 0 Å². The van der Waals surface area contributed by atoms with Gasteiger partial charge >= 0.3 is 0 Å². The van der Waals surface area contributed by atoms with Crippen LogP contribution in [0.15, 0.2) is 10.3 Å². The van der Waals surface area contributed by atoms with Crippen LogP contribution in [-0.4, -0.2) is 56.2 Å². The molecule has 0 amide bonds. The predicted molar refractivity (Wildman–Crippen MR) is 73.7 cm³/mol. The van der Waals surface area contributed by atoms with Gasteiger partial charge < -0.3 is 9.84 Å². The molecule has 20 heavy (non-hydrogen) atoms. The van der Waals surface area contributed by atoms with Crippen LogP contribution in [0.5, 0.6) is 0 Å². The minimum atomic E-state index is -3.95. The Morgan fingerprint density at radius 2 is 2.20 bits per heavy atom. The number of thiophene rings is 1. The fourth-order valence-corrected chi connectivity index (χ4v) is 4.61. The van der Waals surface area contributed by atoms with Crippen LogP contribution < -0.4 is 0 Å². The second-order valence-electron chi connectivity index (χ2n) is 3.60. The maximum atomic E-state index is 12.3. The number of nitro groups is 1. The van der Waals surface area contributed by atoms with E-state index in [0.717, 1.165) is 10.4 Å². The normalized spacial score (nSPS) is 12.0. The fourth-order valence-electron chi connectivity index (χ4n) is 1.37. The number of hydrogen-bond donors (Lipinski definition) is 1. The van der Waals surface area contributed by atoms with E-state index in [4.69, 9.17) is 21.4 Å². The van der Waals surface area contributed by atoms with E-state index in [0.29, 0.717) is 11.3 Å². The number of sulfonamides is 1. The average Bonchev–Trinajstić information content (AvgIpc) is 2.77. The van der Waals surface area contributed by atoms with Crippen LogP contribution in [0.1, 0.15) is 0 Å². The van der Waals surface area contributed by atoms with Gasteiger partial charge in [0, 0.05) is 26.3 Å². The summed E-state index contributed by atoms with van der Waals surface area (Å²) in [6.07, 6.45) is 0. The second kappa shape index (κ2) is 7.29. The molecule has 0 atom stereocenters. The van der Waals surface area contributed by atoms with Crippen LogP contribution in [0.25, 0.3) is 0 Å². The zero-order chi connectivity index (χ0) is 15.3. The number of ether oxygens (including phenoxy) is 1. The highest BCUT2D eigenvalue weighted by Gasteiger charge is 2.30. The molecule has 114 valence electrons. The summed E-state index contributed by atoms with van der Waals surface area (Å²) in [4.78, 5) is 9.94. The quantitative estimate of drug-likeness (QED) is 0.555. The largest absolute Gasteiger partial charge is 0.395 e. The van der Waals surface area contributed by atoms with Crippen LogP contribution >= 0.6 is 22.9 Å². The lowest BCUT2D eigenvalue weighted by Crippen LogP contribution is -2.35. The Kier molecular flexibility index (Phi) is 6.30. The van der Waals surface area contributed by atoms with Crippen molar-refractivity contribution in [3.63, 3.8) is 0 Å². The molecule has 0 aromatic carbocycles. The summed E-state index contributed by atoms with van der Waals surface area (Å²) >= 11 is 6.26. The van der Waals surface area contributed by atoms with Gasteiger partial charge in [0.05, 0.1) is 18.1 Å². The maximum absolute atomic E-state index is 12.3. The van der Waals surface area contributed by atoms with Crippen molar-refractivity contribution in [2.45, 2.75) is 4.21 Å². The van der Waals surface area contributed by atoms with Crippen molar-refractivity contribution in [3.05, 3.63) is 20.5 Å². The number of halogens is 1. The van der Waals surface area contributed by atoms with E-state index in [1.165, 1.54) is 7.11 Å². The lowest BCUT2D eigenvalue weighted by Gasteiger charge is -2.19. The van der Waals surface area contributed by atoms with Crippen LogP contribution in [0.3, 0.4) is 0 Å². The minimum absolute atomic E-state index is 0.0305. The Hall–Kier alpha value is -0.780. The van der Waals surface area contributed by atoms with Crippen molar-refractivity contribution in [2.75, 3.05) is 33.4 Å². The first-order valence-corrected chi connectivity index (χ1v) is 8.01. The smallest absolute Gasteiger partial charge is 0.300 e. The zero-order valence-electron chi connectivity index (χ0n) is 10.5. The summed E-state index contributed by atoms with van der Waals surface area (Å²) in [6.45, 7) is -0.331. The minimum Gasteiger partial charge on any atom is -0.395 e. The Labute approximate surface area is 124 Å². The molecule has 0 fully saturated rings. The summed E-state index contributed by atoms with van der Waals surface area (Å²) in [5.41, 5.74) is -0.453. The van der Waals surface area contributed by atoms with E-state index in [1.807, 2.05) is 0 Å². The first-order valence-electron chi connectivity index (χ1n) is 5.38. The molecule has 1 heterocycles. The third-order valence-corrected chi connectivity index (χ3v) is 6.02. The van der Waals surface area contributed by atoms with Crippen LogP contribution in [0.4, 0.5) is 5.69 Å². The highest BCUT2D eigenvalue weighted by atomic mass is 35.5. The molecule has 0 spiro atoms. The zero-order valence-corrected chi connectivity index (χ0v) is 12.9. The maximum Gasteiger partial charge on any atom is 0.300 e. The van der Waals surface area contributed by atoms with Crippen LogP contribution in [0, 0.1) is 10.1 Å². The molecule has 1 N–H and O–H groups in total. The van der Waals surface area contributed by atoms with E-state index < -0.39 is 20.6 Å². The lowest BCUT2D eigenvalue weighted by molar-refractivity contribution is -0.384. The molecule has 1 rings (SSSR count). The third-order valence-electron chi connectivity index (χ3n) is 2.33. The Morgan fingerprint density at radius 3 is 2.65 bits per heavy atom. The van der Waals surface area contributed by atoms with Gasteiger partial charge in [0.25, 0.3) is 15.7 Å². The van der Waals surface area contributed by atoms with Crippen molar-refractivity contribution in [1.29, 1.82) is 0 Å². The second-order valence-corrected chi connectivity index (χ2v) is 7.42. The van der Waals surface area contributed by atoms with E-state index in [-0.39, 0.29) is 34.8 Å². The van der Waals surface area contributed by atoms with Gasteiger partial charge in [-0.15, -0.1) is 11.3 Å². The van der Waals surface area contributed by atoms with E-state index in [9.17, 15) is 18.5 Å². The molecule has 0 bridgehead atoms. The molecular weight excluding hydrogens is 332 g/mol. The number of nitrogens with zero attached hydrogens (tertiary/aromatic N) is 2. The molecule has 0 aliphatic carbocycles. The van der Waals surface area contributed by atoms with Gasteiger partial charge in [0.15, 0.2) is 4.34 Å². The molecule has 8 nitrogen and oxygen atoms in total. The SMILES string of the molecule is COCCN(CCO)S(=O)(=O)c1cc([N+](=O)[O-])c(Cl)s1. The van der Waals surface area contributed by atoms with Crippen LogP contribution in [-0.2, 0) is 14.8 Å². The number of aliphatic hydroxyl groups is 1. The number of hydrogen-bond acceptors (Lipinski definition) is 7. The van der Waals surface area contributed by atoms with E-state index in [1.54, 1.807) is 0 Å². The van der Waals surface area contributed by atoms with Crippen molar-refractivity contribution in [2.24, 2.45) is 0 Å². The molecule has 0 aliphatic rings. The van der Waals surface area contributed by atoms with E-state index >= 15 is 0 Å². The molecule has 0 saturated carbocycles. The number of methoxy groups -OCH3 is 1. The first kappa shape index (κ1) is 17.3. The van der Waals surface area contributed by atoms with Crippen molar-refractivity contribution in [3.8, 4) is 0 Å². The standard InChI is InChI=1S/C9H13ClN2O6S2/c1-18-5-3-11(2-4-13)20(16,17)8-6-7(12(14)15)9(10)19-8/h6,13H,2-5H2,1H3. The molecule has 1 aromatic heterocycles. The van der Waals surface area contributed by atoms with Gasteiger partial charge in [-0.3, -0.25) is 10.1 Å². The number of rotatable bonds is 8. The monoisotopic (exact) mass is 344 g/mol. The summed E-state index contributed by atoms with van der Waals surface area (Å²) in [7, 11) is -2.53. The number of aliphatic hydroxyl groups excluding tert-OH is 1. The lowest BCUT2D eigenvalue weighted by atomic mass is 10.6. The topological polar surface area (TPSA) is 110 Å². The van der Waals surface area contributed by atoms with Gasteiger partial charge in [-0.1, -0.05) is 11.6 Å². The molecule has 0 aliphatic heterocycles. The third kappa shape index (κ3) is 3.87. The highest BCUT2D eigenvalue weighted by molar-refractivity contribution is 7.91. The van der Waals surface area contributed by atoms with Gasteiger partial charge in [-0.25, -0.2) is 8.42 Å². The van der Waals surface area contributed by atoms with Crippen LogP contribution in [0.2, 0.25) is 4.34 Å². The molecule has 0 unspecified atom stereocenters. The molecule has 0 radical (unpaired) electrons. The fraction of sp³-hybridized carbons (Fsp3) is 0.556. The first-order chi connectivity index (χ1) is 9.34. The summed E-state index contributed by atoms with van der Waals surface area (Å²) in [5.74, 6) is 0. The van der Waals surface area contributed by atoms with Crippen molar-refractivity contribution < 1.29 is 23.2 Å². The highest BCUT2D eigenvalue weighted by Crippen LogP contribution is 2.37. The summed E-state index contributed by atoms with van der Waals surface area (Å²) in [6, 6.07) is 0.916. The van der Waals surface area contributed by atoms with Gasteiger partial charge in [0.1, 0.15) is 4.21 Å². The average molecular weight is 345 g/mol. The molecule has 0 saturated heterocycles. The Morgan fingerprint density at radius 1 is 1.55 bits per heavy atom.